The summed E-state index contributed by atoms with van der Waals surface area (Å²) in [6, 6.07) is 9.94. The predicted molar refractivity (Wildman–Crippen MR) is 111 cm³/mol. The number of aryl methyl sites for hydroxylation is 4. The average Bonchev–Trinajstić information content (AvgIpc) is 2.60. The van der Waals surface area contributed by atoms with Crippen LogP contribution in [0.5, 0.6) is 0 Å². The van der Waals surface area contributed by atoms with Crippen LogP contribution in [0.2, 0.25) is 0 Å². The summed E-state index contributed by atoms with van der Waals surface area (Å²) in [6.07, 6.45) is 3.31. The molecule has 0 aliphatic carbocycles. The van der Waals surface area contributed by atoms with E-state index in [1.165, 1.54) is 0 Å². The zero-order valence-corrected chi connectivity index (χ0v) is 16.7. The van der Waals surface area contributed by atoms with Gasteiger partial charge in [0, 0.05) is 29.9 Å². The maximum Gasteiger partial charge on any atom is 0.256 e. The molecule has 142 valence electrons. The first-order valence-corrected chi connectivity index (χ1v) is 9.73. The Labute approximate surface area is 161 Å². The van der Waals surface area contributed by atoms with Crippen LogP contribution in [0.15, 0.2) is 30.3 Å². The summed E-state index contributed by atoms with van der Waals surface area (Å²) in [7, 11) is 0. The average molecular weight is 364 g/mol. The van der Waals surface area contributed by atoms with Gasteiger partial charge in [0.15, 0.2) is 0 Å². The number of hydrogen-bond acceptors (Lipinski definition) is 2. The number of benzene rings is 2. The fourth-order valence-corrected chi connectivity index (χ4v) is 3.93. The number of nitrogens with one attached hydrogen (secondary N) is 1. The largest absolute Gasteiger partial charge is 0.322 e. The quantitative estimate of drug-likeness (QED) is 0.816. The van der Waals surface area contributed by atoms with Gasteiger partial charge in [-0.05, 0) is 68.5 Å². The Balaban J connectivity index is 1.84. The third kappa shape index (κ3) is 4.05. The molecule has 0 aromatic heterocycles. The van der Waals surface area contributed by atoms with Crippen molar-refractivity contribution in [3.63, 3.8) is 0 Å². The van der Waals surface area contributed by atoms with Crippen LogP contribution in [-0.4, -0.2) is 18.4 Å². The first-order valence-electron chi connectivity index (χ1n) is 9.73. The predicted octanol–water partition coefficient (Wildman–Crippen LogP) is 4.94. The van der Waals surface area contributed by atoms with E-state index in [4.69, 9.17) is 0 Å². The van der Waals surface area contributed by atoms with Crippen LogP contribution < -0.4 is 10.2 Å². The number of rotatable bonds is 5. The van der Waals surface area contributed by atoms with Crippen LogP contribution in [0.25, 0.3) is 0 Å². The molecule has 4 heteroatoms. The number of unbranched alkanes of at least 4 members (excludes halogenated alkanes) is 1. The molecule has 1 aliphatic heterocycles. The molecular formula is C23H28N2O2. The highest BCUT2D eigenvalue weighted by Gasteiger charge is 2.24. The maximum atomic E-state index is 12.8. The van der Waals surface area contributed by atoms with Crippen LogP contribution in [0.3, 0.4) is 0 Å². The van der Waals surface area contributed by atoms with Crippen molar-refractivity contribution in [2.75, 3.05) is 16.8 Å². The molecule has 2 aromatic rings. The topological polar surface area (TPSA) is 49.4 Å². The minimum absolute atomic E-state index is 0.0836. The van der Waals surface area contributed by atoms with Crippen molar-refractivity contribution in [1.82, 2.24) is 0 Å². The molecule has 1 aliphatic rings. The number of carbonyl (C=O) groups excluding carboxylic acids is 2. The monoisotopic (exact) mass is 364 g/mol. The molecule has 0 spiro atoms. The van der Waals surface area contributed by atoms with E-state index >= 15 is 0 Å². The summed E-state index contributed by atoms with van der Waals surface area (Å²) in [5.74, 6) is 0.110. The van der Waals surface area contributed by atoms with Crippen LogP contribution >= 0.6 is 0 Å². The van der Waals surface area contributed by atoms with E-state index in [9.17, 15) is 9.59 Å². The standard InChI is InChI=1S/C23H28N2O2/c1-5-6-11-25-20-9-8-19(14-18(20)7-10-21(25)26)24-23(27)22-16(3)12-15(2)13-17(22)4/h8-9,12-14H,5-7,10-11H2,1-4H3,(H,24,27). The van der Waals surface area contributed by atoms with Gasteiger partial charge in [-0.15, -0.1) is 0 Å². The zero-order chi connectivity index (χ0) is 19.6. The molecule has 0 atom stereocenters. The number of hydrogen-bond donors (Lipinski definition) is 1. The van der Waals surface area contributed by atoms with Gasteiger partial charge in [-0.25, -0.2) is 0 Å². The van der Waals surface area contributed by atoms with Gasteiger partial charge in [0.1, 0.15) is 0 Å². The normalized spacial score (nSPS) is 13.5. The lowest BCUT2D eigenvalue weighted by Gasteiger charge is -2.30. The van der Waals surface area contributed by atoms with Gasteiger partial charge in [-0.1, -0.05) is 31.0 Å². The molecule has 3 rings (SSSR count). The van der Waals surface area contributed by atoms with Crippen LogP contribution in [0.1, 0.15) is 58.8 Å². The Morgan fingerprint density at radius 3 is 2.44 bits per heavy atom. The molecule has 1 heterocycles. The van der Waals surface area contributed by atoms with Crippen LogP contribution in [0, 0.1) is 20.8 Å². The van der Waals surface area contributed by atoms with Crippen molar-refractivity contribution in [1.29, 1.82) is 0 Å². The number of nitrogens with zero attached hydrogens (tertiary/aromatic N) is 1. The van der Waals surface area contributed by atoms with E-state index in [1.54, 1.807) is 0 Å². The Morgan fingerprint density at radius 2 is 1.78 bits per heavy atom. The Hall–Kier alpha value is -2.62. The van der Waals surface area contributed by atoms with Crippen LogP contribution in [-0.2, 0) is 11.2 Å². The van der Waals surface area contributed by atoms with E-state index in [0.717, 1.165) is 65.0 Å². The van der Waals surface area contributed by atoms with Crippen molar-refractivity contribution in [3.05, 3.63) is 58.1 Å². The maximum absolute atomic E-state index is 12.8. The third-order valence-electron chi connectivity index (χ3n) is 5.18. The lowest BCUT2D eigenvalue weighted by molar-refractivity contribution is -0.118. The van der Waals surface area contributed by atoms with E-state index in [2.05, 4.69) is 12.2 Å². The number of anilines is 2. The second kappa shape index (κ2) is 7.95. The summed E-state index contributed by atoms with van der Waals surface area (Å²) < 4.78 is 0. The van der Waals surface area contributed by atoms with E-state index in [-0.39, 0.29) is 11.8 Å². The summed E-state index contributed by atoms with van der Waals surface area (Å²) in [4.78, 5) is 27.0. The molecule has 4 nitrogen and oxygen atoms in total. The molecule has 2 aromatic carbocycles. The summed E-state index contributed by atoms with van der Waals surface area (Å²) in [5, 5.41) is 3.04. The van der Waals surface area contributed by atoms with Crippen LogP contribution in [0.4, 0.5) is 11.4 Å². The lowest BCUT2D eigenvalue weighted by atomic mass is 9.98. The smallest absolute Gasteiger partial charge is 0.256 e. The van der Waals surface area contributed by atoms with Gasteiger partial charge in [-0.2, -0.15) is 0 Å². The molecule has 2 amide bonds. The minimum atomic E-state index is -0.0836. The molecular weight excluding hydrogens is 336 g/mol. The molecule has 0 radical (unpaired) electrons. The highest BCUT2D eigenvalue weighted by Crippen LogP contribution is 2.31. The lowest BCUT2D eigenvalue weighted by Crippen LogP contribution is -2.35. The molecule has 0 saturated carbocycles. The highest BCUT2D eigenvalue weighted by molar-refractivity contribution is 6.06. The van der Waals surface area contributed by atoms with Crippen molar-refractivity contribution in [2.45, 2.75) is 53.4 Å². The van der Waals surface area contributed by atoms with E-state index < -0.39 is 0 Å². The summed E-state index contributed by atoms with van der Waals surface area (Å²) in [6.45, 7) is 8.87. The van der Waals surface area contributed by atoms with Gasteiger partial charge in [0.05, 0.1) is 0 Å². The Bertz CT molecular complexity index is 863. The van der Waals surface area contributed by atoms with E-state index in [1.807, 2.05) is 56.0 Å². The second-order valence-corrected chi connectivity index (χ2v) is 7.47. The molecule has 0 saturated heterocycles. The first-order chi connectivity index (χ1) is 12.9. The highest BCUT2D eigenvalue weighted by atomic mass is 16.2. The Kier molecular flexibility index (Phi) is 5.64. The molecule has 27 heavy (non-hydrogen) atoms. The summed E-state index contributed by atoms with van der Waals surface area (Å²) >= 11 is 0. The van der Waals surface area contributed by atoms with Gasteiger partial charge >= 0.3 is 0 Å². The third-order valence-corrected chi connectivity index (χ3v) is 5.18. The molecule has 0 fully saturated rings. The van der Waals surface area contributed by atoms with Gasteiger partial charge in [-0.3, -0.25) is 9.59 Å². The Morgan fingerprint density at radius 1 is 1.07 bits per heavy atom. The SMILES string of the molecule is CCCCN1C(=O)CCc2cc(NC(=O)c3c(C)cc(C)cc3C)ccc21. The van der Waals surface area contributed by atoms with E-state index in [0.29, 0.717) is 6.42 Å². The summed E-state index contributed by atoms with van der Waals surface area (Å²) in [5.41, 5.74) is 6.76. The first kappa shape index (κ1) is 19.2. The molecule has 0 unspecified atom stereocenters. The molecule has 1 N–H and O–H groups in total. The molecule has 0 bridgehead atoms. The van der Waals surface area contributed by atoms with Crippen molar-refractivity contribution in [3.8, 4) is 0 Å². The number of amides is 2. The minimum Gasteiger partial charge on any atom is -0.322 e. The van der Waals surface area contributed by atoms with Gasteiger partial charge < -0.3 is 10.2 Å². The van der Waals surface area contributed by atoms with Gasteiger partial charge in [0.2, 0.25) is 5.91 Å². The van der Waals surface area contributed by atoms with Gasteiger partial charge in [0.25, 0.3) is 5.91 Å². The fraction of sp³-hybridized carbons (Fsp3) is 0.391. The fourth-order valence-electron chi connectivity index (χ4n) is 3.93. The van der Waals surface area contributed by atoms with Crippen molar-refractivity contribution >= 4 is 23.2 Å². The number of carbonyl (C=O) groups is 2. The zero-order valence-electron chi connectivity index (χ0n) is 16.7. The van der Waals surface area contributed by atoms with Crippen molar-refractivity contribution in [2.24, 2.45) is 0 Å². The number of fused-ring (bicyclic) bond motifs is 1. The van der Waals surface area contributed by atoms with Crippen molar-refractivity contribution < 1.29 is 9.59 Å². The second-order valence-electron chi connectivity index (χ2n) is 7.47.